The highest BCUT2D eigenvalue weighted by Crippen LogP contribution is 2.23. The van der Waals surface area contributed by atoms with E-state index in [2.05, 4.69) is 4.98 Å². The van der Waals surface area contributed by atoms with Crippen LogP contribution in [0.3, 0.4) is 0 Å². The Balaban J connectivity index is 1.70. The second kappa shape index (κ2) is 11.1. The number of amides is 2. The highest BCUT2D eigenvalue weighted by molar-refractivity contribution is 6.07. The average molecular weight is 490 g/mol. The minimum Gasteiger partial charge on any atom is -0.383 e. The van der Waals surface area contributed by atoms with Gasteiger partial charge in [-0.1, -0.05) is 55.8 Å². The van der Waals surface area contributed by atoms with Crippen molar-refractivity contribution < 1.29 is 9.59 Å². The lowest BCUT2D eigenvalue weighted by Gasteiger charge is -2.25. The first-order valence-corrected chi connectivity index (χ1v) is 12.2. The predicted molar refractivity (Wildman–Crippen MR) is 139 cm³/mol. The van der Waals surface area contributed by atoms with Crippen molar-refractivity contribution in [1.82, 2.24) is 14.5 Å². The van der Waals surface area contributed by atoms with Crippen LogP contribution in [0.5, 0.6) is 0 Å². The standard InChI is InChI=1S/C27H31N5O4/c1-2-3-16-31-24(28)23(25(34)29-27(31)36)32(18-19-8-5-4-6-9-19)26(35)21-13-11-20(12-14-21)17-30-15-7-10-22(30)33/h4-6,8-9,11-14H,2-3,7,10,15-18,28H2,1H3,(H,29,34,36). The quantitative estimate of drug-likeness (QED) is 0.479. The Kier molecular flexibility index (Phi) is 7.68. The first-order chi connectivity index (χ1) is 17.4. The van der Waals surface area contributed by atoms with Crippen molar-refractivity contribution in [2.24, 2.45) is 0 Å². The summed E-state index contributed by atoms with van der Waals surface area (Å²) in [6.07, 6.45) is 2.97. The number of nitrogens with one attached hydrogen (secondary N) is 1. The zero-order valence-corrected chi connectivity index (χ0v) is 20.4. The summed E-state index contributed by atoms with van der Waals surface area (Å²) in [5.74, 6) is -0.316. The Morgan fingerprint density at radius 1 is 1.03 bits per heavy atom. The molecule has 36 heavy (non-hydrogen) atoms. The van der Waals surface area contributed by atoms with Crippen molar-refractivity contribution in [1.29, 1.82) is 0 Å². The summed E-state index contributed by atoms with van der Waals surface area (Å²) in [6, 6.07) is 16.3. The Morgan fingerprint density at radius 2 is 1.75 bits per heavy atom. The number of hydrogen-bond acceptors (Lipinski definition) is 5. The summed E-state index contributed by atoms with van der Waals surface area (Å²) >= 11 is 0. The number of unbranched alkanes of at least 4 members (excludes halogenated alkanes) is 1. The molecular formula is C27H31N5O4. The maximum Gasteiger partial charge on any atom is 0.330 e. The van der Waals surface area contributed by atoms with E-state index in [4.69, 9.17) is 5.73 Å². The van der Waals surface area contributed by atoms with Gasteiger partial charge in [0, 0.05) is 31.6 Å². The number of H-pyrrole nitrogens is 1. The molecule has 1 fully saturated rings. The minimum atomic E-state index is -0.710. The monoisotopic (exact) mass is 489 g/mol. The molecule has 0 unspecified atom stereocenters. The van der Waals surface area contributed by atoms with E-state index >= 15 is 0 Å². The van der Waals surface area contributed by atoms with E-state index in [1.807, 2.05) is 49.4 Å². The van der Waals surface area contributed by atoms with E-state index in [0.717, 1.165) is 30.5 Å². The SMILES string of the molecule is CCCCn1c(N)c(N(Cc2ccccc2)C(=O)c2ccc(CN3CCCC3=O)cc2)c(=O)[nH]c1=O. The van der Waals surface area contributed by atoms with Crippen LogP contribution in [0.15, 0.2) is 64.2 Å². The largest absolute Gasteiger partial charge is 0.383 e. The van der Waals surface area contributed by atoms with Gasteiger partial charge in [-0.15, -0.1) is 0 Å². The first kappa shape index (κ1) is 25.0. The molecule has 0 spiro atoms. The van der Waals surface area contributed by atoms with Crippen LogP contribution in [0.2, 0.25) is 0 Å². The van der Waals surface area contributed by atoms with Gasteiger partial charge >= 0.3 is 5.69 Å². The zero-order chi connectivity index (χ0) is 25.7. The summed E-state index contributed by atoms with van der Waals surface area (Å²) in [4.78, 5) is 56.5. The fraction of sp³-hybridized carbons (Fsp3) is 0.333. The molecule has 1 saturated heterocycles. The zero-order valence-electron chi connectivity index (χ0n) is 20.4. The van der Waals surface area contributed by atoms with E-state index in [1.54, 1.807) is 17.0 Å². The maximum atomic E-state index is 13.7. The van der Waals surface area contributed by atoms with Crippen molar-refractivity contribution >= 4 is 23.3 Å². The number of aromatic amines is 1. The molecule has 1 aromatic heterocycles. The first-order valence-electron chi connectivity index (χ1n) is 12.2. The lowest BCUT2D eigenvalue weighted by atomic mass is 10.1. The molecule has 0 atom stereocenters. The number of nitrogens with zero attached hydrogens (tertiary/aromatic N) is 3. The molecule has 0 bridgehead atoms. The smallest absolute Gasteiger partial charge is 0.330 e. The molecule has 3 N–H and O–H groups in total. The lowest BCUT2D eigenvalue weighted by molar-refractivity contribution is -0.128. The minimum absolute atomic E-state index is 0.0364. The molecule has 0 aliphatic carbocycles. The summed E-state index contributed by atoms with van der Waals surface area (Å²) < 4.78 is 1.31. The van der Waals surface area contributed by atoms with Gasteiger partial charge in [0.25, 0.3) is 11.5 Å². The van der Waals surface area contributed by atoms with Crippen molar-refractivity contribution in [3.05, 3.63) is 92.1 Å². The lowest BCUT2D eigenvalue weighted by Crippen LogP contribution is -2.41. The third-order valence-electron chi connectivity index (χ3n) is 6.39. The van der Waals surface area contributed by atoms with E-state index in [9.17, 15) is 19.2 Å². The van der Waals surface area contributed by atoms with Gasteiger partial charge < -0.3 is 10.6 Å². The number of nitrogens with two attached hydrogens (primary N) is 1. The number of aromatic nitrogens is 2. The number of rotatable bonds is 9. The van der Waals surface area contributed by atoms with Gasteiger partial charge in [-0.2, -0.15) is 0 Å². The third-order valence-corrected chi connectivity index (χ3v) is 6.39. The van der Waals surface area contributed by atoms with Crippen molar-refractivity contribution in [3.63, 3.8) is 0 Å². The maximum absolute atomic E-state index is 13.7. The third kappa shape index (κ3) is 5.40. The van der Waals surface area contributed by atoms with Crippen molar-refractivity contribution in [2.45, 2.75) is 52.2 Å². The number of nitrogen functional groups attached to an aromatic ring is 1. The molecule has 3 aromatic rings. The number of benzene rings is 2. The van der Waals surface area contributed by atoms with Gasteiger partial charge in [-0.25, -0.2) is 4.79 Å². The molecule has 2 amide bonds. The molecule has 1 aliphatic heterocycles. The molecule has 2 aromatic carbocycles. The molecule has 4 rings (SSSR count). The van der Waals surface area contributed by atoms with Gasteiger partial charge in [-0.05, 0) is 36.1 Å². The fourth-order valence-corrected chi connectivity index (χ4v) is 4.39. The second-order valence-electron chi connectivity index (χ2n) is 8.99. The Morgan fingerprint density at radius 3 is 2.39 bits per heavy atom. The second-order valence-corrected chi connectivity index (χ2v) is 8.99. The van der Waals surface area contributed by atoms with E-state index in [0.29, 0.717) is 31.5 Å². The number of likely N-dealkylation sites (tertiary alicyclic amines) is 1. The Bertz CT molecular complexity index is 1350. The van der Waals surface area contributed by atoms with Crippen LogP contribution in [0, 0.1) is 0 Å². The normalized spacial score (nSPS) is 13.2. The molecule has 9 nitrogen and oxygen atoms in total. The van der Waals surface area contributed by atoms with Crippen LogP contribution in [0.25, 0.3) is 0 Å². The van der Waals surface area contributed by atoms with Gasteiger partial charge in [0.05, 0.1) is 6.54 Å². The Hall–Kier alpha value is -4.14. The summed E-state index contributed by atoms with van der Waals surface area (Å²) in [6.45, 7) is 3.66. The molecule has 0 radical (unpaired) electrons. The highest BCUT2D eigenvalue weighted by Gasteiger charge is 2.26. The van der Waals surface area contributed by atoms with Gasteiger partial charge in [0.2, 0.25) is 5.91 Å². The van der Waals surface area contributed by atoms with Crippen LogP contribution >= 0.6 is 0 Å². The van der Waals surface area contributed by atoms with E-state index in [1.165, 1.54) is 9.47 Å². The van der Waals surface area contributed by atoms with Crippen LogP contribution in [0.1, 0.15) is 54.1 Å². The predicted octanol–water partition coefficient (Wildman–Crippen LogP) is 2.89. The van der Waals surface area contributed by atoms with Gasteiger partial charge in [0.15, 0.2) is 5.69 Å². The van der Waals surface area contributed by atoms with Crippen LogP contribution in [-0.4, -0.2) is 32.8 Å². The van der Waals surface area contributed by atoms with Gasteiger partial charge in [-0.3, -0.25) is 28.8 Å². The number of carbonyl (C=O) groups is 2. The molecule has 2 heterocycles. The molecule has 188 valence electrons. The van der Waals surface area contributed by atoms with Crippen LogP contribution in [-0.2, 0) is 24.4 Å². The summed E-state index contributed by atoms with van der Waals surface area (Å²) in [7, 11) is 0. The fourth-order valence-electron chi connectivity index (χ4n) is 4.39. The Labute approximate surface area is 209 Å². The summed E-state index contributed by atoms with van der Waals surface area (Å²) in [5, 5.41) is 0. The van der Waals surface area contributed by atoms with Gasteiger partial charge in [0.1, 0.15) is 5.82 Å². The molecule has 1 aliphatic rings. The number of anilines is 2. The number of carbonyl (C=O) groups excluding carboxylic acids is 2. The molecule has 0 saturated carbocycles. The van der Waals surface area contributed by atoms with E-state index < -0.39 is 17.2 Å². The average Bonchev–Trinajstić information content (AvgIpc) is 3.28. The van der Waals surface area contributed by atoms with E-state index in [-0.39, 0.29) is 24.0 Å². The van der Waals surface area contributed by atoms with Crippen LogP contribution < -0.4 is 21.9 Å². The van der Waals surface area contributed by atoms with Crippen molar-refractivity contribution in [3.8, 4) is 0 Å². The summed E-state index contributed by atoms with van der Waals surface area (Å²) in [5.41, 5.74) is 7.07. The van der Waals surface area contributed by atoms with Crippen molar-refractivity contribution in [2.75, 3.05) is 17.2 Å². The highest BCUT2D eigenvalue weighted by atomic mass is 16.2. The molecular weight excluding hydrogens is 458 g/mol. The van der Waals surface area contributed by atoms with Crippen LogP contribution in [0.4, 0.5) is 11.5 Å². The number of hydrogen-bond donors (Lipinski definition) is 2. The topological polar surface area (TPSA) is 121 Å². The molecule has 9 heteroatoms.